The van der Waals surface area contributed by atoms with Crippen LogP contribution in [-0.2, 0) is 12.6 Å². The van der Waals surface area contributed by atoms with Gasteiger partial charge in [0.1, 0.15) is 0 Å². The van der Waals surface area contributed by atoms with Gasteiger partial charge in [0.25, 0.3) is 0 Å². The molecule has 0 bridgehead atoms. The van der Waals surface area contributed by atoms with Gasteiger partial charge >= 0.3 is 6.18 Å². The minimum Gasteiger partial charge on any atom is -0.198 e. The first-order valence-corrected chi connectivity index (χ1v) is 5.97. The minimum absolute atomic E-state index is 0.0745. The molecule has 98 valence electrons. The highest BCUT2D eigenvalue weighted by Crippen LogP contribution is 2.34. The Bertz CT molecular complexity index is 443. The molecule has 0 heterocycles. The molecule has 0 saturated carbocycles. The Morgan fingerprint density at radius 3 is 2.50 bits per heavy atom. The van der Waals surface area contributed by atoms with Crippen LogP contribution in [0.4, 0.5) is 13.2 Å². The lowest BCUT2D eigenvalue weighted by atomic mass is 9.92. The molecule has 4 heteroatoms. The molecule has 0 N–H and O–H groups in total. The van der Waals surface area contributed by atoms with Crippen molar-refractivity contribution in [3.05, 3.63) is 34.9 Å². The summed E-state index contributed by atoms with van der Waals surface area (Å²) in [6, 6.07) is 5.92. The maximum absolute atomic E-state index is 12.7. The Hall–Kier alpha value is -1.50. The highest BCUT2D eigenvalue weighted by atomic mass is 19.4. The number of hydrogen-bond donors (Lipinski definition) is 0. The fourth-order valence-electron chi connectivity index (χ4n) is 2.03. The van der Waals surface area contributed by atoms with Crippen LogP contribution < -0.4 is 0 Å². The summed E-state index contributed by atoms with van der Waals surface area (Å²) in [5.74, 6) is 0.217. The molecule has 1 unspecified atom stereocenters. The Balaban J connectivity index is 3.15. The van der Waals surface area contributed by atoms with Crippen molar-refractivity contribution in [3.8, 4) is 6.07 Å². The lowest BCUT2D eigenvalue weighted by Gasteiger charge is -2.16. The molecule has 0 aromatic heterocycles. The molecular formula is C14H16F3N. The van der Waals surface area contributed by atoms with Crippen molar-refractivity contribution in [3.63, 3.8) is 0 Å². The van der Waals surface area contributed by atoms with Crippen molar-refractivity contribution in [1.29, 1.82) is 5.26 Å². The number of nitriles is 1. The predicted octanol–water partition coefficient (Wildman–Crippen LogP) is 4.68. The maximum Gasteiger partial charge on any atom is 0.416 e. The van der Waals surface area contributed by atoms with Crippen molar-refractivity contribution < 1.29 is 13.2 Å². The van der Waals surface area contributed by atoms with Crippen molar-refractivity contribution in [2.45, 2.75) is 45.2 Å². The summed E-state index contributed by atoms with van der Waals surface area (Å²) in [5, 5.41) is 8.63. The number of hydrogen-bond acceptors (Lipinski definition) is 1. The fourth-order valence-corrected chi connectivity index (χ4v) is 2.03. The number of alkyl halides is 3. The lowest BCUT2D eigenvalue weighted by molar-refractivity contribution is -0.138. The van der Waals surface area contributed by atoms with Crippen LogP contribution in [-0.4, -0.2) is 0 Å². The number of nitrogens with zero attached hydrogens (tertiary/aromatic N) is 1. The van der Waals surface area contributed by atoms with E-state index in [1.54, 1.807) is 6.07 Å². The van der Waals surface area contributed by atoms with E-state index in [0.717, 1.165) is 24.5 Å². The molecule has 1 aromatic rings. The lowest BCUT2D eigenvalue weighted by Crippen LogP contribution is -2.10. The van der Waals surface area contributed by atoms with Gasteiger partial charge in [-0.1, -0.05) is 32.4 Å². The first-order chi connectivity index (χ1) is 8.40. The van der Waals surface area contributed by atoms with Gasteiger partial charge in [0.2, 0.25) is 0 Å². The van der Waals surface area contributed by atoms with E-state index in [1.165, 1.54) is 12.1 Å². The first-order valence-electron chi connectivity index (χ1n) is 5.97. The average molecular weight is 255 g/mol. The van der Waals surface area contributed by atoms with Crippen LogP contribution in [0.1, 0.15) is 49.3 Å². The third-order valence-corrected chi connectivity index (χ3v) is 2.99. The van der Waals surface area contributed by atoms with Gasteiger partial charge in [-0.05, 0) is 29.5 Å². The minimum atomic E-state index is -4.39. The Labute approximate surface area is 105 Å². The average Bonchev–Trinajstić information content (AvgIpc) is 2.28. The van der Waals surface area contributed by atoms with Crippen LogP contribution in [0, 0.1) is 11.3 Å². The van der Waals surface area contributed by atoms with E-state index in [2.05, 4.69) is 0 Å². The Kier molecular flexibility index (Phi) is 4.77. The van der Waals surface area contributed by atoms with E-state index in [9.17, 15) is 13.2 Å². The molecule has 0 saturated heterocycles. The molecule has 1 aromatic carbocycles. The van der Waals surface area contributed by atoms with Crippen molar-refractivity contribution >= 4 is 0 Å². The highest BCUT2D eigenvalue weighted by molar-refractivity contribution is 5.37. The van der Waals surface area contributed by atoms with Gasteiger partial charge in [-0.25, -0.2) is 0 Å². The molecule has 0 fully saturated rings. The van der Waals surface area contributed by atoms with Gasteiger partial charge in [-0.15, -0.1) is 0 Å². The standard InChI is InChI=1S/C14H16F3N/c1-3-4-10(2)11-5-6-13(14(15,16)17)12(9-11)7-8-18/h5-6,9-10H,3-4,7H2,1-2H3. The zero-order valence-corrected chi connectivity index (χ0v) is 10.5. The van der Waals surface area contributed by atoms with E-state index in [0.29, 0.717) is 0 Å². The zero-order valence-electron chi connectivity index (χ0n) is 10.5. The van der Waals surface area contributed by atoms with E-state index in [1.807, 2.05) is 13.8 Å². The van der Waals surface area contributed by atoms with Gasteiger partial charge in [-0.2, -0.15) is 18.4 Å². The molecule has 18 heavy (non-hydrogen) atoms. The summed E-state index contributed by atoms with van der Waals surface area (Å²) in [6.45, 7) is 4.03. The molecule has 0 spiro atoms. The summed E-state index contributed by atoms with van der Waals surface area (Å²) >= 11 is 0. The summed E-state index contributed by atoms with van der Waals surface area (Å²) in [4.78, 5) is 0. The normalized spacial score (nSPS) is 13.1. The van der Waals surface area contributed by atoms with Crippen LogP contribution in [0.3, 0.4) is 0 Å². The van der Waals surface area contributed by atoms with E-state index < -0.39 is 11.7 Å². The van der Waals surface area contributed by atoms with Gasteiger partial charge in [-0.3, -0.25) is 0 Å². The number of benzene rings is 1. The maximum atomic E-state index is 12.7. The van der Waals surface area contributed by atoms with Crippen LogP contribution in [0.2, 0.25) is 0 Å². The van der Waals surface area contributed by atoms with E-state index in [4.69, 9.17) is 5.26 Å². The van der Waals surface area contributed by atoms with Crippen molar-refractivity contribution in [2.75, 3.05) is 0 Å². The largest absolute Gasteiger partial charge is 0.416 e. The van der Waals surface area contributed by atoms with Crippen LogP contribution in [0.5, 0.6) is 0 Å². The molecule has 1 atom stereocenters. The first kappa shape index (κ1) is 14.6. The summed E-state index contributed by atoms with van der Waals surface area (Å²) in [7, 11) is 0. The van der Waals surface area contributed by atoms with E-state index in [-0.39, 0.29) is 17.9 Å². The molecule has 0 aliphatic rings. The van der Waals surface area contributed by atoms with Gasteiger partial charge in [0.15, 0.2) is 0 Å². The number of halogens is 3. The summed E-state index contributed by atoms with van der Waals surface area (Å²) in [6.07, 6.45) is -2.69. The quantitative estimate of drug-likeness (QED) is 0.766. The zero-order chi connectivity index (χ0) is 13.8. The smallest absolute Gasteiger partial charge is 0.198 e. The van der Waals surface area contributed by atoms with Crippen LogP contribution in [0.25, 0.3) is 0 Å². The second-order valence-electron chi connectivity index (χ2n) is 4.44. The summed E-state index contributed by atoms with van der Waals surface area (Å²) in [5.41, 5.74) is 0.247. The van der Waals surface area contributed by atoms with Crippen molar-refractivity contribution in [1.82, 2.24) is 0 Å². The van der Waals surface area contributed by atoms with Gasteiger partial charge < -0.3 is 0 Å². The molecule has 0 aliphatic heterocycles. The Morgan fingerprint density at radius 2 is 2.00 bits per heavy atom. The van der Waals surface area contributed by atoms with Crippen LogP contribution >= 0.6 is 0 Å². The molecule has 0 aliphatic carbocycles. The van der Waals surface area contributed by atoms with E-state index >= 15 is 0 Å². The molecule has 0 amide bonds. The monoisotopic (exact) mass is 255 g/mol. The summed E-state index contributed by atoms with van der Waals surface area (Å²) < 4.78 is 38.2. The third-order valence-electron chi connectivity index (χ3n) is 2.99. The highest BCUT2D eigenvalue weighted by Gasteiger charge is 2.33. The second kappa shape index (κ2) is 5.90. The van der Waals surface area contributed by atoms with Gasteiger partial charge in [0, 0.05) is 0 Å². The molecule has 1 nitrogen and oxygen atoms in total. The topological polar surface area (TPSA) is 23.8 Å². The van der Waals surface area contributed by atoms with Crippen LogP contribution in [0.15, 0.2) is 18.2 Å². The third kappa shape index (κ3) is 3.49. The van der Waals surface area contributed by atoms with Crippen molar-refractivity contribution in [2.24, 2.45) is 0 Å². The fraction of sp³-hybridized carbons (Fsp3) is 0.500. The molecule has 0 radical (unpaired) electrons. The number of rotatable bonds is 4. The molecule has 1 rings (SSSR count). The Morgan fingerprint density at radius 1 is 1.33 bits per heavy atom. The second-order valence-corrected chi connectivity index (χ2v) is 4.44. The molecular weight excluding hydrogens is 239 g/mol. The predicted molar refractivity (Wildman–Crippen MR) is 64.1 cm³/mol. The SMILES string of the molecule is CCCC(C)c1ccc(C(F)(F)F)c(CC#N)c1. The van der Waals surface area contributed by atoms with Gasteiger partial charge in [0.05, 0.1) is 18.1 Å².